The Labute approximate surface area is 157 Å². The molecule has 0 fully saturated rings. The Morgan fingerprint density at radius 1 is 1.07 bits per heavy atom. The number of halogens is 3. The average Bonchev–Trinajstić information content (AvgIpc) is 2.61. The van der Waals surface area contributed by atoms with Gasteiger partial charge in [-0.05, 0) is 60.9 Å². The molecular formula is C21H15F3O4. The maximum Gasteiger partial charge on any atom is 0.416 e. The minimum Gasteiger partial charge on any atom is -0.506 e. The normalized spacial score (nSPS) is 12.0. The van der Waals surface area contributed by atoms with Crippen LogP contribution in [0.25, 0.3) is 17.0 Å². The van der Waals surface area contributed by atoms with Crippen LogP contribution in [0, 0.1) is 13.8 Å². The molecule has 1 heterocycles. The summed E-state index contributed by atoms with van der Waals surface area (Å²) in [7, 11) is 0. The van der Waals surface area contributed by atoms with Crippen LogP contribution in [0.3, 0.4) is 0 Å². The average molecular weight is 388 g/mol. The molecule has 2 aromatic carbocycles. The van der Waals surface area contributed by atoms with Gasteiger partial charge in [-0.25, -0.2) is 4.79 Å². The summed E-state index contributed by atoms with van der Waals surface area (Å²) < 4.78 is 42.9. The van der Waals surface area contributed by atoms with Gasteiger partial charge < -0.3 is 9.52 Å². The van der Waals surface area contributed by atoms with Gasteiger partial charge in [0.25, 0.3) is 0 Å². The lowest BCUT2D eigenvalue weighted by atomic mass is 10.0. The third kappa shape index (κ3) is 3.69. The van der Waals surface area contributed by atoms with E-state index in [1.807, 2.05) is 13.8 Å². The Bertz CT molecular complexity index is 1150. The molecule has 144 valence electrons. The number of carbonyl (C=O) groups is 1. The molecule has 0 spiro atoms. The zero-order valence-electron chi connectivity index (χ0n) is 14.9. The van der Waals surface area contributed by atoms with Gasteiger partial charge in [-0.15, -0.1) is 0 Å². The monoisotopic (exact) mass is 388 g/mol. The molecule has 0 saturated heterocycles. The first-order chi connectivity index (χ1) is 13.1. The molecule has 0 saturated carbocycles. The predicted molar refractivity (Wildman–Crippen MR) is 98.4 cm³/mol. The number of alkyl halides is 3. The first kappa shape index (κ1) is 19.4. The van der Waals surface area contributed by atoms with E-state index in [0.717, 1.165) is 29.3 Å². The van der Waals surface area contributed by atoms with E-state index < -0.39 is 34.5 Å². The van der Waals surface area contributed by atoms with Crippen LogP contribution in [0.1, 0.15) is 32.6 Å². The van der Waals surface area contributed by atoms with Crippen LogP contribution in [0.15, 0.2) is 51.7 Å². The van der Waals surface area contributed by atoms with E-state index in [-0.39, 0.29) is 11.0 Å². The second-order valence-electron chi connectivity index (χ2n) is 6.36. The number of benzene rings is 2. The van der Waals surface area contributed by atoms with Gasteiger partial charge in [0, 0.05) is 0 Å². The van der Waals surface area contributed by atoms with Crippen LogP contribution in [0.5, 0.6) is 5.75 Å². The lowest BCUT2D eigenvalue weighted by Gasteiger charge is -2.07. The molecule has 0 amide bonds. The first-order valence-corrected chi connectivity index (χ1v) is 8.24. The van der Waals surface area contributed by atoms with Gasteiger partial charge >= 0.3 is 11.8 Å². The number of hydrogen-bond acceptors (Lipinski definition) is 4. The quantitative estimate of drug-likeness (QED) is 0.388. The van der Waals surface area contributed by atoms with Crippen molar-refractivity contribution in [2.24, 2.45) is 0 Å². The molecule has 0 aliphatic heterocycles. The maximum atomic E-state index is 12.6. The van der Waals surface area contributed by atoms with Gasteiger partial charge in [-0.2, -0.15) is 13.2 Å². The maximum absolute atomic E-state index is 12.6. The molecule has 28 heavy (non-hydrogen) atoms. The molecule has 3 rings (SSSR count). The summed E-state index contributed by atoms with van der Waals surface area (Å²) in [5, 5.41) is 10.6. The highest BCUT2D eigenvalue weighted by Gasteiger charge is 2.29. The van der Waals surface area contributed by atoms with E-state index >= 15 is 0 Å². The Hall–Kier alpha value is -3.35. The fraction of sp³-hybridized carbons (Fsp3) is 0.143. The summed E-state index contributed by atoms with van der Waals surface area (Å²) in [6, 6.07) is 7.37. The molecule has 4 nitrogen and oxygen atoms in total. The van der Waals surface area contributed by atoms with Gasteiger partial charge in [0.15, 0.2) is 5.78 Å². The number of carbonyl (C=O) groups excluding carboxylic acids is 1. The Morgan fingerprint density at radius 3 is 2.29 bits per heavy atom. The predicted octanol–water partition coefficient (Wildman–Crippen LogP) is 5.03. The fourth-order valence-electron chi connectivity index (χ4n) is 2.70. The van der Waals surface area contributed by atoms with Crippen molar-refractivity contribution in [3.63, 3.8) is 0 Å². The number of aryl methyl sites for hydroxylation is 2. The van der Waals surface area contributed by atoms with Crippen LogP contribution in [-0.4, -0.2) is 10.9 Å². The van der Waals surface area contributed by atoms with E-state index in [1.165, 1.54) is 18.2 Å². The zero-order valence-corrected chi connectivity index (χ0v) is 14.9. The van der Waals surface area contributed by atoms with Crippen LogP contribution in [0.2, 0.25) is 0 Å². The van der Waals surface area contributed by atoms with Crippen LogP contribution in [-0.2, 0) is 6.18 Å². The zero-order chi connectivity index (χ0) is 20.6. The summed E-state index contributed by atoms with van der Waals surface area (Å²) in [5.74, 6) is -1.30. The molecule has 0 aliphatic rings. The second kappa shape index (κ2) is 6.99. The van der Waals surface area contributed by atoms with Gasteiger partial charge in [0.2, 0.25) is 0 Å². The van der Waals surface area contributed by atoms with Crippen molar-refractivity contribution in [1.82, 2.24) is 0 Å². The van der Waals surface area contributed by atoms with E-state index in [2.05, 4.69) is 0 Å². The topological polar surface area (TPSA) is 67.5 Å². The largest absolute Gasteiger partial charge is 0.506 e. The smallest absolute Gasteiger partial charge is 0.416 e. The van der Waals surface area contributed by atoms with Crippen LogP contribution in [0.4, 0.5) is 13.2 Å². The molecule has 0 radical (unpaired) electrons. The number of hydrogen-bond donors (Lipinski definition) is 1. The minimum atomic E-state index is -4.45. The van der Waals surface area contributed by atoms with Crippen molar-refractivity contribution in [1.29, 1.82) is 0 Å². The van der Waals surface area contributed by atoms with Crippen molar-refractivity contribution in [2.45, 2.75) is 20.0 Å². The van der Waals surface area contributed by atoms with Gasteiger partial charge in [0.05, 0.1) is 10.9 Å². The highest BCUT2D eigenvalue weighted by Crippen LogP contribution is 2.30. The second-order valence-corrected chi connectivity index (χ2v) is 6.36. The number of rotatable bonds is 3. The number of allylic oxidation sites excluding steroid dienone is 1. The van der Waals surface area contributed by atoms with Crippen LogP contribution < -0.4 is 5.63 Å². The first-order valence-electron chi connectivity index (χ1n) is 8.24. The molecular weight excluding hydrogens is 373 g/mol. The summed E-state index contributed by atoms with van der Waals surface area (Å²) in [6.07, 6.45) is -2.20. The minimum absolute atomic E-state index is 0.161. The number of aromatic hydroxyl groups is 1. The molecule has 1 N–H and O–H groups in total. The fourth-order valence-corrected chi connectivity index (χ4v) is 2.70. The van der Waals surface area contributed by atoms with Crippen molar-refractivity contribution in [3.8, 4) is 5.75 Å². The van der Waals surface area contributed by atoms with E-state index in [0.29, 0.717) is 5.56 Å². The van der Waals surface area contributed by atoms with Crippen molar-refractivity contribution >= 4 is 22.8 Å². The number of fused-ring (bicyclic) bond motifs is 1. The van der Waals surface area contributed by atoms with Crippen molar-refractivity contribution in [2.75, 3.05) is 0 Å². The molecule has 1 aromatic heterocycles. The molecule has 7 heteroatoms. The molecule has 0 atom stereocenters. The molecule has 0 unspecified atom stereocenters. The SMILES string of the molecule is Cc1cc2oc(=O)c(C(=O)/C=C/c3ccc(C(F)(F)F)cc3)c(O)c2cc1C. The molecule has 3 aromatic rings. The lowest BCUT2D eigenvalue weighted by molar-refractivity contribution is -0.137. The lowest BCUT2D eigenvalue weighted by Crippen LogP contribution is -2.13. The standard InChI is InChI=1S/C21H15F3O4/c1-11-9-15-17(10-12(11)2)28-20(27)18(19(15)26)16(25)8-5-13-3-6-14(7-4-13)21(22,23)24/h3-10,26H,1-2H3/b8-5+. The summed E-state index contributed by atoms with van der Waals surface area (Å²) in [5.41, 5.74) is -0.137. The highest BCUT2D eigenvalue weighted by atomic mass is 19.4. The van der Waals surface area contributed by atoms with E-state index in [1.54, 1.807) is 12.1 Å². The Morgan fingerprint density at radius 2 is 1.68 bits per heavy atom. The van der Waals surface area contributed by atoms with E-state index in [4.69, 9.17) is 4.42 Å². The Balaban J connectivity index is 1.96. The van der Waals surface area contributed by atoms with Crippen molar-refractivity contribution in [3.05, 3.63) is 80.7 Å². The van der Waals surface area contributed by atoms with Crippen LogP contribution >= 0.6 is 0 Å². The Kier molecular flexibility index (Phi) is 4.85. The molecule has 0 aliphatic carbocycles. The van der Waals surface area contributed by atoms with Crippen molar-refractivity contribution < 1.29 is 27.5 Å². The highest BCUT2D eigenvalue weighted by molar-refractivity contribution is 6.10. The summed E-state index contributed by atoms with van der Waals surface area (Å²) in [4.78, 5) is 24.5. The van der Waals surface area contributed by atoms with Gasteiger partial charge in [-0.3, -0.25) is 4.79 Å². The van der Waals surface area contributed by atoms with Gasteiger partial charge in [0.1, 0.15) is 16.9 Å². The third-order valence-corrected chi connectivity index (χ3v) is 4.41. The summed E-state index contributed by atoms with van der Waals surface area (Å²) >= 11 is 0. The van der Waals surface area contributed by atoms with E-state index in [9.17, 15) is 27.9 Å². The summed E-state index contributed by atoms with van der Waals surface area (Å²) in [6.45, 7) is 3.63. The third-order valence-electron chi connectivity index (χ3n) is 4.41. The molecule has 0 bridgehead atoms. The van der Waals surface area contributed by atoms with Gasteiger partial charge in [-0.1, -0.05) is 18.2 Å². The number of ketones is 1.